The van der Waals surface area contributed by atoms with Crippen molar-refractivity contribution in [2.24, 2.45) is 11.1 Å². The first-order chi connectivity index (χ1) is 12.0. The van der Waals surface area contributed by atoms with Crippen LogP contribution in [0.25, 0.3) is 0 Å². The van der Waals surface area contributed by atoms with Crippen molar-refractivity contribution in [3.05, 3.63) is 23.8 Å². The van der Waals surface area contributed by atoms with Gasteiger partial charge in [-0.25, -0.2) is 0 Å². The molecule has 0 fully saturated rings. The third-order valence-electron chi connectivity index (χ3n) is 4.01. The van der Waals surface area contributed by atoms with E-state index >= 15 is 0 Å². The van der Waals surface area contributed by atoms with Crippen molar-refractivity contribution in [1.29, 1.82) is 0 Å². The summed E-state index contributed by atoms with van der Waals surface area (Å²) >= 11 is 0. The highest BCUT2D eigenvalue weighted by molar-refractivity contribution is 5.99. The second kappa shape index (κ2) is 9.30. The molecule has 6 heteroatoms. The van der Waals surface area contributed by atoms with Crippen LogP contribution in [-0.4, -0.2) is 31.1 Å². The molecule has 1 atom stereocenters. The molecule has 0 aromatic heterocycles. The first kappa shape index (κ1) is 19.1. The second-order valence-corrected chi connectivity index (χ2v) is 6.81. The minimum Gasteiger partial charge on any atom is -0.454 e. The molecule has 138 valence electrons. The maximum Gasteiger partial charge on any atom is 0.260 e. The molecule has 25 heavy (non-hydrogen) atoms. The number of ether oxygens (including phenoxy) is 2. The molecule has 0 saturated carbocycles. The lowest BCUT2D eigenvalue weighted by Gasteiger charge is -2.14. The van der Waals surface area contributed by atoms with Gasteiger partial charge in [-0.15, -0.1) is 0 Å². The van der Waals surface area contributed by atoms with Crippen molar-refractivity contribution in [3.63, 3.8) is 0 Å². The van der Waals surface area contributed by atoms with Crippen LogP contribution >= 0.6 is 0 Å². The van der Waals surface area contributed by atoms with E-state index in [1.54, 1.807) is 0 Å². The van der Waals surface area contributed by atoms with Gasteiger partial charge in [0.15, 0.2) is 18.1 Å². The lowest BCUT2D eigenvalue weighted by atomic mass is 10.0. The van der Waals surface area contributed by atoms with Crippen LogP contribution < -0.4 is 14.8 Å². The number of nitrogens with one attached hydrogen (secondary N) is 1. The van der Waals surface area contributed by atoms with E-state index in [1.165, 1.54) is 6.42 Å². The summed E-state index contributed by atoms with van der Waals surface area (Å²) in [6, 6.07) is 5.71. The fraction of sp³-hybridized carbons (Fsp3) is 0.579. The minimum absolute atomic E-state index is 0.0869. The molecule has 1 heterocycles. The molecule has 0 saturated heterocycles. The summed E-state index contributed by atoms with van der Waals surface area (Å²) in [6.45, 7) is 8.40. The van der Waals surface area contributed by atoms with E-state index in [4.69, 9.17) is 14.3 Å². The Morgan fingerprint density at radius 3 is 2.76 bits per heavy atom. The van der Waals surface area contributed by atoms with Crippen molar-refractivity contribution in [2.45, 2.75) is 53.0 Å². The van der Waals surface area contributed by atoms with Gasteiger partial charge in [-0.2, -0.15) is 0 Å². The standard InChI is InChI=1S/C19H28N2O4/c1-13(2)6-5-7-14(3)20-19(22)11-25-21-15(4)16-8-9-17-18(10-16)24-12-23-17/h8-10,13-14H,5-7,11-12H2,1-4H3,(H,20,22)/b21-15+. The zero-order valence-corrected chi connectivity index (χ0v) is 15.5. The van der Waals surface area contributed by atoms with Crippen molar-refractivity contribution in [3.8, 4) is 11.5 Å². The van der Waals surface area contributed by atoms with E-state index < -0.39 is 0 Å². The van der Waals surface area contributed by atoms with Gasteiger partial charge >= 0.3 is 0 Å². The molecule has 1 aliphatic heterocycles. The summed E-state index contributed by atoms with van der Waals surface area (Å²) < 4.78 is 10.6. The summed E-state index contributed by atoms with van der Waals surface area (Å²) in [5.41, 5.74) is 1.54. The lowest BCUT2D eigenvalue weighted by Crippen LogP contribution is -2.35. The summed E-state index contributed by atoms with van der Waals surface area (Å²) in [6.07, 6.45) is 3.26. The molecule has 2 rings (SSSR count). The van der Waals surface area contributed by atoms with E-state index in [-0.39, 0.29) is 25.3 Å². The Kier molecular flexibility index (Phi) is 7.10. The maximum absolute atomic E-state index is 11.9. The molecule has 1 aromatic rings. The number of benzene rings is 1. The Bertz CT molecular complexity index is 613. The number of hydrogen-bond donors (Lipinski definition) is 1. The summed E-state index contributed by atoms with van der Waals surface area (Å²) in [7, 11) is 0. The number of carbonyl (C=O) groups is 1. The second-order valence-electron chi connectivity index (χ2n) is 6.81. The van der Waals surface area contributed by atoms with E-state index in [0.717, 1.165) is 24.2 Å². The number of amides is 1. The smallest absolute Gasteiger partial charge is 0.260 e. The van der Waals surface area contributed by atoms with E-state index in [0.29, 0.717) is 17.4 Å². The van der Waals surface area contributed by atoms with Gasteiger partial charge in [-0.1, -0.05) is 31.8 Å². The number of hydrogen-bond acceptors (Lipinski definition) is 5. The van der Waals surface area contributed by atoms with E-state index in [2.05, 4.69) is 24.3 Å². The van der Waals surface area contributed by atoms with E-state index in [9.17, 15) is 4.79 Å². The summed E-state index contributed by atoms with van der Waals surface area (Å²) in [4.78, 5) is 17.1. The first-order valence-electron chi connectivity index (χ1n) is 8.81. The van der Waals surface area contributed by atoms with Gasteiger partial charge < -0.3 is 19.6 Å². The van der Waals surface area contributed by atoms with Crippen LogP contribution in [0.5, 0.6) is 11.5 Å². The Morgan fingerprint density at radius 1 is 1.24 bits per heavy atom. The first-order valence-corrected chi connectivity index (χ1v) is 8.81. The van der Waals surface area contributed by atoms with E-state index in [1.807, 2.05) is 32.0 Å². The SMILES string of the molecule is C/C(=N\OCC(=O)NC(C)CCCC(C)C)c1ccc2c(c1)OCO2. The van der Waals surface area contributed by atoms with Crippen molar-refractivity contribution < 1.29 is 19.1 Å². The highest BCUT2D eigenvalue weighted by atomic mass is 16.7. The van der Waals surface area contributed by atoms with Crippen LogP contribution in [0.2, 0.25) is 0 Å². The van der Waals surface area contributed by atoms with Gasteiger partial charge in [0, 0.05) is 11.6 Å². The predicted molar refractivity (Wildman–Crippen MR) is 97.0 cm³/mol. The molecular weight excluding hydrogens is 320 g/mol. The van der Waals surface area contributed by atoms with Crippen LogP contribution in [0.1, 0.15) is 52.5 Å². The quantitative estimate of drug-likeness (QED) is 0.548. The Labute approximate surface area is 149 Å². The molecule has 1 aromatic carbocycles. The molecular formula is C19H28N2O4. The number of fused-ring (bicyclic) bond motifs is 1. The molecule has 1 unspecified atom stereocenters. The molecule has 0 bridgehead atoms. The van der Waals surface area contributed by atoms with Crippen LogP contribution in [0.15, 0.2) is 23.4 Å². The van der Waals surface area contributed by atoms with Crippen molar-refractivity contribution >= 4 is 11.6 Å². The van der Waals surface area contributed by atoms with Gasteiger partial charge in [0.2, 0.25) is 6.79 Å². The summed E-state index contributed by atoms with van der Waals surface area (Å²) in [5, 5.41) is 6.94. The summed E-state index contributed by atoms with van der Waals surface area (Å²) in [5.74, 6) is 1.96. The van der Waals surface area contributed by atoms with Gasteiger partial charge in [-0.05, 0) is 44.4 Å². The molecule has 1 N–H and O–H groups in total. The van der Waals surface area contributed by atoms with Gasteiger partial charge in [0.05, 0.1) is 5.71 Å². The number of oxime groups is 1. The van der Waals surface area contributed by atoms with Crippen LogP contribution in [0.3, 0.4) is 0 Å². The normalized spacial score (nSPS) is 14.5. The number of carbonyl (C=O) groups excluding carboxylic acids is 1. The van der Waals surface area contributed by atoms with Gasteiger partial charge in [0.1, 0.15) is 0 Å². The topological polar surface area (TPSA) is 69.2 Å². The van der Waals surface area contributed by atoms with Crippen LogP contribution in [0, 0.1) is 5.92 Å². The Balaban J connectivity index is 1.73. The highest BCUT2D eigenvalue weighted by Crippen LogP contribution is 2.32. The number of nitrogens with zero attached hydrogens (tertiary/aromatic N) is 1. The fourth-order valence-corrected chi connectivity index (χ4v) is 2.58. The Morgan fingerprint density at radius 2 is 2.00 bits per heavy atom. The van der Waals surface area contributed by atoms with Crippen molar-refractivity contribution in [2.75, 3.05) is 13.4 Å². The monoisotopic (exact) mass is 348 g/mol. The fourth-order valence-electron chi connectivity index (χ4n) is 2.58. The van der Waals surface area contributed by atoms with Crippen LogP contribution in [0.4, 0.5) is 0 Å². The van der Waals surface area contributed by atoms with Crippen molar-refractivity contribution in [1.82, 2.24) is 5.32 Å². The highest BCUT2D eigenvalue weighted by Gasteiger charge is 2.14. The lowest BCUT2D eigenvalue weighted by molar-refractivity contribution is -0.126. The predicted octanol–water partition coefficient (Wildman–Crippen LogP) is 3.49. The Hall–Kier alpha value is -2.24. The molecule has 6 nitrogen and oxygen atoms in total. The minimum atomic E-state index is -0.153. The zero-order chi connectivity index (χ0) is 18.2. The molecule has 1 amide bonds. The number of rotatable bonds is 9. The maximum atomic E-state index is 11.9. The van der Waals surface area contributed by atoms with Gasteiger partial charge in [-0.3, -0.25) is 4.79 Å². The molecule has 0 aliphatic carbocycles. The average molecular weight is 348 g/mol. The molecule has 0 radical (unpaired) electrons. The average Bonchev–Trinajstić information content (AvgIpc) is 3.01. The molecule has 0 spiro atoms. The molecule has 1 aliphatic rings. The zero-order valence-electron chi connectivity index (χ0n) is 15.5. The third-order valence-corrected chi connectivity index (χ3v) is 4.01. The largest absolute Gasteiger partial charge is 0.454 e. The van der Waals surface area contributed by atoms with Gasteiger partial charge in [0.25, 0.3) is 5.91 Å². The van der Waals surface area contributed by atoms with Crippen LogP contribution in [-0.2, 0) is 9.63 Å². The third kappa shape index (κ3) is 6.29.